The van der Waals surface area contributed by atoms with E-state index in [4.69, 9.17) is 11.7 Å². The number of anilines is 3. The molecule has 0 radical (unpaired) electrons. The van der Waals surface area contributed by atoms with Gasteiger partial charge in [0.2, 0.25) is 5.91 Å². The number of carbonyl (C=O) groups is 1. The first-order valence-electron chi connectivity index (χ1n) is 10.3. The summed E-state index contributed by atoms with van der Waals surface area (Å²) in [6, 6.07) is 10.2. The Morgan fingerprint density at radius 1 is 1.21 bits per heavy atom. The first-order valence-corrected chi connectivity index (χ1v) is 10.3. The molecular formula is C22H23FN8O2. The molecule has 0 spiro atoms. The molecule has 11 heteroatoms. The van der Waals surface area contributed by atoms with Crippen LogP contribution in [0.4, 0.5) is 21.6 Å². The van der Waals surface area contributed by atoms with Crippen LogP contribution in [-0.2, 0) is 17.6 Å². The highest BCUT2D eigenvalue weighted by molar-refractivity contribution is 5.94. The monoisotopic (exact) mass is 450 g/mol. The Balaban J connectivity index is 1.56. The van der Waals surface area contributed by atoms with Crippen molar-refractivity contribution in [3.05, 3.63) is 76.1 Å². The van der Waals surface area contributed by atoms with Crippen molar-refractivity contribution >= 4 is 28.9 Å². The minimum atomic E-state index is -0.529. The number of benzene rings is 2. The second kappa shape index (κ2) is 9.49. The summed E-state index contributed by atoms with van der Waals surface area (Å²) in [4.78, 5) is 28.7. The van der Waals surface area contributed by atoms with E-state index in [-0.39, 0.29) is 17.4 Å². The average molecular weight is 450 g/mol. The molecule has 7 N–H and O–H groups in total. The van der Waals surface area contributed by atoms with Crippen molar-refractivity contribution in [3.8, 4) is 5.69 Å². The van der Waals surface area contributed by atoms with Gasteiger partial charge in [-0.05, 0) is 48.2 Å². The number of aromatic nitrogens is 2. The van der Waals surface area contributed by atoms with Crippen molar-refractivity contribution in [2.45, 2.75) is 25.7 Å². The number of hydrogen-bond donors (Lipinski definition) is 5. The van der Waals surface area contributed by atoms with Crippen LogP contribution in [0.3, 0.4) is 0 Å². The molecule has 0 atom stereocenters. The van der Waals surface area contributed by atoms with Gasteiger partial charge in [0.1, 0.15) is 11.7 Å². The van der Waals surface area contributed by atoms with Crippen molar-refractivity contribution < 1.29 is 9.18 Å². The Morgan fingerprint density at radius 3 is 2.73 bits per heavy atom. The standard InChI is InChI=1S/C22H23FN8O2/c23-16-11-14-4-8-20(32)27-17(14)12-18(16)28-21-22(33)31(10-9-26-21)15-5-1-13(2-6-15)3-7-19(29-24)30-25/h1-2,5-6,9-12H,3-4,7-8,24-25H2,(H,26,28)(H,27,32)(H,29,30). The highest BCUT2D eigenvalue weighted by atomic mass is 19.1. The molecular weight excluding hydrogens is 427 g/mol. The fourth-order valence-corrected chi connectivity index (χ4v) is 3.58. The number of aryl methyl sites for hydroxylation is 2. The van der Waals surface area contributed by atoms with Gasteiger partial charge in [-0.3, -0.25) is 14.2 Å². The largest absolute Gasteiger partial charge is 0.333 e. The second-order valence-electron chi connectivity index (χ2n) is 7.50. The van der Waals surface area contributed by atoms with E-state index >= 15 is 0 Å². The third kappa shape index (κ3) is 4.83. The molecule has 2 heterocycles. The minimum Gasteiger partial charge on any atom is -0.333 e. The molecule has 1 aliphatic rings. The van der Waals surface area contributed by atoms with Crippen molar-refractivity contribution in [2.24, 2.45) is 16.8 Å². The minimum absolute atomic E-state index is 0.0413. The summed E-state index contributed by atoms with van der Waals surface area (Å²) in [5.74, 6) is 10.3. The lowest BCUT2D eigenvalue weighted by Crippen LogP contribution is -2.31. The summed E-state index contributed by atoms with van der Waals surface area (Å²) in [6.07, 6.45) is 4.97. The van der Waals surface area contributed by atoms with Crippen LogP contribution in [-0.4, -0.2) is 21.3 Å². The first-order chi connectivity index (χ1) is 16.0. The van der Waals surface area contributed by atoms with Crippen LogP contribution in [0.15, 0.2) is 58.7 Å². The van der Waals surface area contributed by atoms with Crippen LogP contribution in [0.5, 0.6) is 0 Å². The number of hydrogen-bond acceptors (Lipinski definition) is 7. The second-order valence-corrected chi connectivity index (χ2v) is 7.50. The quantitative estimate of drug-likeness (QED) is 0.166. The highest BCUT2D eigenvalue weighted by Gasteiger charge is 2.18. The van der Waals surface area contributed by atoms with Crippen LogP contribution >= 0.6 is 0 Å². The van der Waals surface area contributed by atoms with Gasteiger partial charge in [-0.2, -0.15) is 5.10 Å². The van der Waals surface area contributed by atoms with Gasteiger partial charge in [0.25, 0.3) is 5.56 Å². The van der Waals surface area contributed by atoms with Crippen LogP contribution in [0.2, 0.25) is 0 Å². The average Bonchev–Trinajstić information content (AvgIpc) is 2.82. The number of hydrazine groups is 1. The van der Waals surface area contributed by atoms with Crippen molar-refractivity contribution in [1.82, 2.24) is 15.0 Å². The molecule has 1 amide bonds. The topological polar surface area (TPSA) is 152 Å². The van der Waals surface area contributed by atoms with E-state index in [2.05, 4.69) is 26.1 Å². The predicted molar refractivity (Wildman–Crippen MR) is 124 cm³/mol. The van der Waals surface area contributed by atoms with Crippen LogP contribution < -0.4 is 33.3 Å². The first kappa shape index (κ1) is 22.0. The maximum atomic E-state index is 14.6. The molecule has 33 heavy (non-hydrogen) atoms. The van der Waals surface area contributed by atoms with Crippen molar-refractivity contribution in [1.29, 1.82) is 0 Å². The van der Waals surface area contributed by atoms with Gasteiger partial charge in [0, 0.05) is 36.6 Å². The highest BCUT2D eigenvalue weighted by Crippen LogP contribution is 2.29. The van der Waals surface area contributed by atoms with Gasteiger partial charge in [-0.1, -0.05) is 12.1 Å². The van der Waals surface area contributed by atoms with E-state index in [0.29, 0.717) is 48.5 Å². The van der Waals surface area contributed by atoms with Crippen LogP contribution in [0.25, 0.3) is 5.69 Å². The Morgan fingerprint density at radius 2 is 2.00 bits per heavy atom. The molecule has 0 saturated carbocycles. The van der Waals surface area contributed by atoms with Gasteiger partial charge in [-0.15, -0.1) is 0 Å². The summed E-state index contributed by atoms with van der Waals surface area (Å²) >= 11 is 0. The molecule has 170 valence electrons. The van der Waals surface area contributed by atoms with Gasteiger partial charge in [-0.25, -0.2) is 15.2 Å². The summed E-state index contributed by atoms with van der Waals surface area (Å²) in [5, 5.41) is 9.03. The molecule has 0 fully saturated rings. The molecule has 0 aliphatic carbocycles. The number of halogens is 1. The number of fused-ring (bicyclic) bond motifs is 1. The zero-order valence-electron chi connectivity index (χ0n) is 17.6. The number of hydrazone groups is 1. The van der Waals surface area contributed by atoms with Gasteiger partial charge in [0.05, 0.1) is 5.69 Å². The van der Waals surface area contributed by atoms with E-state index in [1.54, 1.807) is 12.1 Å². The lowest BCUT2D eigenvalue weighted by atomic mass is 10.0. The molecule has 0 unspecified atom stereocenters. The number of rotatable bonds is 6. The van der Waals surface area contributed by atoms with Crippen molar-refractivity contribution in [2.75, 3.05) is 10.6 Å². The van der Waals surface area contributed by atoms with Gasteiger partial charge >= 0.3 is 0 Å². The number of nitrogens with one attached hydrogen (secondary N) is 3. The molecule has 2 aromatic carbocycles. The molecule has 3 aromatic rings. The molecule has 1 aromatic heterocycles. The van der Waals surface area contributed by atoms with E-state index in [0.717, 1.165) is 5.56 Å². The lowest BCUT2D eigenvalue weighted by Gasteiger charge is -2.18. The number of carbonyl (C=O) groups excluding carboxylic acids is 1. The van der Waals surface area contributed by atoms with Crippen LogP contribution in [0, 0.1) is 5.82 Å². The van der Waals surface area contributed by atoms with Gasteiger partial charge in [0.15, 0.2) is 5.82 Å². The Kier molecular flexibility index (Phi) is 6.31. The number of amidine groups is 1. The third-order valence-corrected chi connectivity index (χ3v) is 5.37. The summed E-state index contributed by atoms with van der Waals surface area (Å²) in [7, 11) is 0. The molecule has 0 saturated heterocycles. The zero-order valence-corrected chi connectivity index (χ0v) is 17.6. The van der Waals surface area contributed by atoms with Crippen molar-refractivity contribution in [3.63, 3.8) is 0 Å². The van der Waals surface area contributed by atoms with E-state index in [9.17, 15) is 14.0 Å². The smallest absolute Gasteiger partial charge is 0.298 e. The summed E-state index contributed by atoms with van der Waals surface area (Å²) < 4.78 is 16.0. The normalized spacial score (nSPS) is 13.3. The van der Waals surface area contributed by atoms with Gasteiger partial charge < -0.3 is 21.9 Å². The molecule has 0 bridgehead atoms. The SMILES string of the molecule is N/N=C(/CCc1ccc(-n2ccnc(Nc3cc4c(cc3F)CCC(=O)N4)c2=O)cc1)NN. The lowest BCUT2D eigenvalue weighted by molar-refractivity contribution is -0.116. The maximum Gasteiger partial charge on any atom is 0.298 e. The molecule has 4 rings (SSSR count). The number of amides is 1. The Labute approximate surface area is 188 Å². The molecule has 1 aliphatic heterocycles. The van der Waals surface area contributed by atoms with Crippen LogP contribution in [0.1, 0.15) is 24.0 Å². The Bertz CT molecular complexity index is 1270. The van der Waals surface area contributed by atoms with E-state index < -0.39 is 11.4 Å². The Hall–Kier alpha value is -4.25. The van der Waals surface area contributed by atoms with E-state index in [1.165, 1.54) is 29.1 Å². The fraction of sp³-hybridized carbons (Fsp3) is 0.182. The zero-order chi connectivity index (χ0) is 23.4. The maximum absolute atomic E-state index is 14.6. The number of nitrogens with zero attached hydrogens (tertiary/aromatic N) is 3. The summed E-state index contributed by atoms with van der Waals surface area (Å²) in [6.45, 7) is 0. The number of nitrogens with two attached hydrogens (primary N) is 2. The molecule has 10 nitrogen and oxygen atoms in total. The predicted octanol–water partition coefficient (Wildman–Crippen LogP) is 1.67. The fourth-order valence-electron chi connectivity index (χ4n) is 3.58. The summed E-state index contributed by atoms with van der Waals surface area (Å²) in [5.41, 5.74) is 4.91. The van der Waals surface area contributed by atoms with E-state index in [1.807, 2.05) is 12.1 Å². The third-order valence-electron chi connectivity index (χ3n) is 5.37.